The van der Waals surface area contributed by atoms with Crippen LogP contribution in [0.1, 0.15) is 28.4 Å². The fourth-order valence-electron chi connectivity index (χ4n) is 2.63. The number of hydrogen-bond acceptors (Lipinski definition) is 4. The maximum Gasteiger partial charge on any atom is 0.271 e. The molecule has 0 saturated heterocycles. The Morgan fingerprint density at radius 2 is 1.61 bits per heavy atom. The van der Waals surface area contributed by atoms with Crippen LogP contribution in [0.5, 0.6) is 11.5 Å². The second kappa shape index (κ2) is 11.5. The van der Waals surface area contributed by atoms with Crippen molar-refractivity contribution in [3.05, 3.63) is 90.8 Å². The molecule has 3 aromatic carbocycles. The third-order valence-corrected chi connectivity index (χ3v) is 5.83. The number of carbonyl (C=O) groups is 1. The van der Waals surface area contributed by atoms with Gasteiger partial charge in [-0.15, -0.1) is 0 Å². The van der Waals surface area contributed by atoms with Gasteiger partial charge in [-0.3, -0.25) is 4.79 Å². The molecule has 3 rings (SSSR count). The maximum atomic E-state index is 12.2. The first-order valence-corrected chi connectivity index (χ1v) is 11.8. The van der Waals surface area contributed by atoms with Crippen LogP contribution in [0.2, 0.25) is 0 Å². The Hall–Kier alpha value is -2.16. The number of hydrazone groups is 1. The van der Waals surface area contributed by atoms with Gasteiger partial charge in [-0.2, -0.15) is 5.10 Å². The molecular weight excluding hydrogens is 592 g/mol. The van der Waals surface area contributed by atoms with Crippen molar-refractivity contribution >= 4 is 59.9 Å². The van der Waals surface area contributed by atoms with E-state index in [9.17, 15) is 4.79 Å². The van der Waals surface area contributed by atoms with Gasteiger partial charge < -0.3 is 9.47 Å². The zero-order valence-electron chi connectivity index (χ0n) is 16.6. The zero-order valence-corrected chi connectivity index (χ0v) is 21.3. The third-order valence-electron chi connectivity index (χ3n) is 4.12. The Balaban J connectivity index is 1.60. The minimum atomic E-state index is -0.299. The van der Waals surface area contributed by atoms with Gasteiger partial charge in [-0.05, 0) is 98.4 Å². The average molecular weight is 611 g/mol. The van der Waals surface area contributed by atoms with Crippen LogP contribution in [0.15, 0.2) is 79.2 Å². The molecule has 0 aliphatic rings. The van der Waals surface area contributed by atoms with Crippen LogP contribution >= 0.6 is 47.8 Å². The smallest absolute Gasteiger partial charge is 0.271 e. The number of amides is 1. The molecule has 1 amide bonds. The second-order valence-corrected chi connectivity index (χ2v) is 9.01. The summed E-state index contributed by atoms with van der Waals surface area (Å²) in [7, 11) is 0. The molecule has 0 aliphatic carbocycles. The lowest BCUT2D eigenvalue weighted by Crippen LogP contribution is -2.17. The zero-order chi connectivity index (χ0) is 22.2. The number of benzene rings is 3. The molecule has 0 saturated carbocycles. The first-order valence-electron chi connectivity index (χ1n) is 9.39. The molecule has 1 N–H and O–H groups in total. The Morgan fingerprint density at radius 3 is 2.23 bits per heavy atom. The van der Waals surface area contributed by atoms with E-state index in [2.05, 4.69) is 58.3 Å². The van der Waals surface area contributed by atoms with Gasteiger partial charge in [-0.1, -0.05) is 28.1 Å². The highest BCUT2D eigenvalue weighted by Crippen LogP contribution is 2.35. The highest BCUT2D eigenvalue weighted by molar-refractivity contribution is 9.11. The van der Waals surface area contributed by atoms with E-state index >= 15 is 0 Å². The summed E-state index contributed by atoms with van der Waals surface area (Å²) in [4.78, 5) is 12.2. The van der Waals surface area contributed by atoms with Crippen LogP contribution in [-0.2, 0) is 6.61 Å². The predicted molar refractivity (Wildman–Crippen MR) is 133 cm³/mol. The highest BCUT2D eigenvalue weighted by atomic mass is 79.9. The Morgan fingerprint density at radius 1 is 0.968 bits per heavy atom. The number of ether oxygens (including phenoxy) is 2. The minimum absolute atomic E-state index is 0.299. The van der Waals surface area contributed by atoms with Crippen molar-refractivity contribution in [3.63, 3.8) is 0 Å². The first kappa shape index (κ1) is 23.5. The van der Waals surface area contributed by atoms with Gasteiger partial charge in [0.2, 0.25) is 0 Å². The van der Waals surface area contributed by atoms with Crippen LogP contribution in [-0.4, -0.2) is 18.7 Å². The van der Waals surface area contributed by atoms with Gasteiger partial charge in [0.1, 0.15) is 18.1 Å². The summed E-state index contributed by atoms with van der Waals surface area (Å²) >= 11 is 10.5. The topological polar surface area (TPSA) is 59.9 Å². The van der Waals surface area contributed by atoms with Crippen molar-refractivity contribution < 1.29 is 14.3 Å². The lowest BCUT2D eigenvalue weighted by atomic mass is 10.2. The Kier molecular flexibility index (Phi) is 8.69. The van der Waals surface area contributed by atoms with Crippen molar-refractivity contribution in [1.82, 2.24) is 5.43 Å². The molecule has 31 heavy (non-hydrogen) atoms. The normalized spacial score (nSPS) is 10.8. The summed E-state index contributed by atoms with van der Waals surface area (Å²) in [6.07, 6.45) is 1.57. The lowest BCUT2D eigenvalue weighted by Gasteiger charge is -2.11. The highest BCUT2D eigenvalue weighted by Gasteiger charge is 2.09. The molecule has 0 fully saturated rings. The Labute approximate surface area is 206 Å². The molecular formula is C23H19Br3N2O3. The summed E-state index contributed by atoms with van der Waals surface area (Å²) in [6, 6.07) is 18.6. The first-order chi connectivity index (χ1) is 15.0. The van der Waals surface area contributed by atoms with Gasteiger partial charge in [0, 0.05) is 10.0 Å². The summed E-state index contributed by atoms with van der Waals surface area (Å²) in [5, 5.41) is 4.05. The molecule has 0 aliphatic heterocycles. The van der Waals surface area contributed by atoms with Crippen LogP contribution in [0.4, 0.5) is 0 Å². The van der Waals surface area contributed by atoms with Crippen molar-refractivity contribution in [2.45, 2.75) is 13.5 Å². The molecule has 8 heteroatoms. The Bertz CT molecular complexity index is 1050. The van der Waals surface area contributed by atoms with Crippen LogP contribution < -0.4 is 14.9 Å². The monoisotopic (exact) mass is 608 g/mol. The molecule has 160 valence electrons. The molecule has 0 bridgehead atoms. The van der Waals surface area contributed by atoms with Crippen LogP contribution in [0, 0.1) is 0 Å². The van der Waals surface area contributed by atoms with Crippen LogP contribution in [0.3, 0.4) is 0 Å². The van der Waals surface area contributed by atoms with Crippen LogP contribution in [0.25, 0.3) is 0 Å². The van der Waals surface area contributed by atoms with E-state index < -0.39 is 0 Å². The number of nitrogens with one attached hydrogen (secondary N) is 1. The average Bonchev–Trinajstić information content (AvgIpc) is 2.75. The summed E-state index contributed by atoms with van der Waals surface area (Å²) in [5.41, 5.74) is 4.88. The third kappa shape index (κ3) is 6.92. The summed E-state index contributed by atoms with van der Waals surface area (Å²) in [5.74, 6) is 1.12. The van der Waals surface area contributed by atoms with Gasteiger partial charge in [0.05, 0.1) is 21.8 Å². The quantitative estimate of drug-likeness (QED) is 0.228. The molecule has 0 aromatic heterocycles. The molecule has 0 unspecified atom stereocenters. The SMILES string of the molecule is CCOc1ccc(C(=O)N/N=C\c2cc(Br)c(OCc3ccc(Br)cc3)c(Br)c2)cc1. The summed E-state index contributed by atoms with van der Waals surface area (Å²) in [6.45, 7) is 2.93. The number of halogens is 3. The van der Waals surface area contributed by atoms with Gasteiger partial charge in [0.15, 0.2) is 0 Å². The molecule has 0 heterocycles. The van der Waals surface area contributed by atoms with Crippen molar-refractivity contribution in [1.29, 1.82) is 0 Å². The van der Waals surface area contributed by atoms with Gasteiger partial charge in [0.25, 0.3) is 5.91 Å². The molecule has 0 radical (unpaired) electrons. The predicted octanol–water partition coefficient (Wildman–Crippen LogP) is 6.72. The van der Waals surface area contributed by atoms with Gasteiger partial charge in [-0.25, -0.2) is 5.43 Å². The van der Waals surface area contributed by atoms with E-state index in [4.69, 9.17) is 9.47 Å². The van der Waals surface area contributed by atoms with Crippen molar-refractivity contribution in [2.24, 2.45) is 5.10 Å². The standard InChI is InChI=1S/C23H19Br3N2O3/c1-2-30-19-9-5-17(6-10-19)23(29)28-27-13-16-11-20(25)22(21(26)12-16)31-14-15-3-7-18(24)8-4-15/h3-13H,2,14H2,1H3,(H,28,29)/b27-13-. The molecule has 0 atom stereocenters. The molecule has 0 spiro atoms. The van der Waals surface area contributed by atoms with E-state index in [0.717, 1.165) is 30.3 Å². The van der Waals surface area contributed by atoms with E-state index in [1.54, 1.807) is 30.5 Å². The fraction of sp³-hybridized carbons (Fsp3) is 0.130. The van der Waals surface area contributed by atoms with E-state index in [0.29, 0.717) is 24.5 Å². The van der Waals surface area contributed by atoms with E-state index in [-0.39, 0.29) is 5.91 Å². The number of hydrogen-bond donors (Lipinski definition) is 1. The van der Waals surface area contributed by atoms with E-state index in [1.165, 1.54) is 0 Å². The van der Waals surface area contributed by atoms with E-state index in [1.807, 2.05) is 43.3 Å². The summed E-state index contributed by atoms with van der Waals surface area (Å²) < 4.78 is 13.9. The fourth-order valence-corrected chi connectivity index (χ4v) is 4.34. The number of nitrogens with zero attached hydrogens (tertiary/aromatic N) is 1. The largest absolute Gasteiger partial charge is 0.494 e. The van der Waals surface area contributed by atoms with Crippen molar-refractivity contribution in [2.75, 3.05) is 6.61 Å². The lowest BCUT2D eigenvalue weighted by molar-refractivity contribution is 0.0955. The van der Waals surface area contributed by atoms with Gasteiger partial charge >= 0.3 is 0 Å². The minimum Gasteiger partial charge on any atom is -0.494 e. The second-order valence-electron chi connectivity index (χ2n) is 6.39. The molecule has 3 aromatic rings. The number of rotatable bonds is 8. The van der Waals surface area contributed by atoms with Crippen molar-refractivity contribution in [3.8, 4) is 11.5 Å². The maximum absolute atomic E-state index is 12.2. The molecule has 5 nitrogen and oxygen atoms in total. The number of carbonyl (C=O) groups excluding carboxylic acids is 1.